The van der Waals surface area contributed by atoms with Crippen molar-refractivity contribution in [1.29, 1.82) is 0 Å². The maximum absolute atomic E-state index is 12.0. The quantitative estimate of drug-likeness (QED) is 0.381. The first-order valence-corrected chi connectivity index (χ1v) is 8.60. The lowest BCUT2D eigenvalue weighted by molar-refractivity contribution is -0.121. The van der Waals surface area contributed by atoms with E-state index in [2.05, 4.69) is 23.1 Å². The molecule has 0 saturated carbocycles. The number of unbranched alkanes of at least 4 members (excludes halogenated alkanes) is 2. The van der Waals surface area contributed by atoms with Gasteiger partial charge in [-0.3, -0.25) is 25.8 Å². The van der Waals surface area contributed by atoms with Gasteiger partial charge in [0.25, 0.3) is 5.91 Å². The van der Waals surface area contributed by atoms with Gasteiger partial charge in [-0.2, -0.15) is 0 Å². The van der Waals surface area contributed by atoms with E-state index in [1.165, 1.54) is 0 Å². The van der Waals surface area contributed by atoms with Crippen molar-refractivity contribution in [3.05, 3.63) is 29.8 Å². The third-order valence-corrected chi connectivity index (χ3v) is 3.34. The lowest BCUT2D eigenvalue weighted by atomic mass is 10.2. The largest absolute Gasteiger partial charge is 0.494 e. The maximum Gasteiger partial charge on any atom is 0.257 e. The molecule has 3 N–H and O–H groups in total. The molecule has 6 nitrogen and oxygen atoms in total. The third-order valence-electron chi connectivity index (χ3n) is 3.14. The molecular weight excluding hydrogens is 326 g/mol. The van der Waals surface area contributed by atoms with Crippen LogP contribution in [0, 0.1) is 0 Å². The minimum Gasteiger partial charge on any atom is -0.494 e. The van der Waals surface area contributed by atoms with Crippen LogP contribution in [0.2, 0.25) is 0 Å². The van der Waals surface area contributed by atoms with Crippen molar-refractivity contribution in [3.63, 3.8) is 0 Å². The van der Waals surface area contributed by atoms with Crippen molar-refractivity contribution < 1.29 is 14.3 Å². The average Bonchev–Trinajstić information content (AvgIpc) is 2.58. The van der Waals surface area contributed by atoms with Crippen molar-refractivity contribution in [2.75, 3.05) is 6.61 Å². The highest BCUT2D eigenvalue weighted by atomic mass is 32.1. The SMILES string of the molecule is CCCCCC(=O)NNC(=S)NC(=O)c1ccc(OCCC)cc1. The second-order valence-electron chi connectivity index (χ2n) is 5.29. The zero-order chi connectivity index (χ0) is 17.8. The number of benzene rings is 1. The van der Waals surface area contributed by atoms with E-state index in [0.717, 1.165) is 25.7 Å². The summed E-state index contributed by atoms with van der Waals surface area (Å²) < 4.78 is 5.46. The maximum atomic E-state index is 12.0. The molecule has 0 aliphatic heterocycles. The van der Waals surface area contributed by atoms with E-state index in [4.69, 9.17) is 17.0 Å². The molecule has 0 aliphatic carbocycles. The standard InChI is InChI=1S/C17H25N3O3S/c1-3-5-6-7-15(21)19-20-17(24)18-16(22)13-8-10-14(11-9-13)23-12-4-2/h8-11H,3-7,12H2,1-2H3,(H,19,21)(H2,18,20,22,24). The van der Waals surface area contributed by atoms with E-state index in [0.29, 0.717) is 24.3 Å². The van der Waals surface area contributed by atoms with Gasteiger partial charge in [-0.15, -0.1) is 0 Å². The second-order valence-corrected chi connectivity index (χ2v) is 5.69. The molecule has 1 aromatic carbocycles. The number of hydrogen-bond acceptors (Lipinski definition) is 4. The van der Waals surface area contributed by atoms with Crippen molar-refractivity contribution >= 4 is 29.1 Å². The van der Waals surface area contributed by atoms with Gasteiger partial charge in [-0.05, 0) is 49.3 Å². The van der Waals surface area contributed by atoms with E-state index in [-0.39, 0.29) is 16.9 Å². The summed E-state index contributed by atoms with van der Waals surface area (Å²) in [6, 6.07) is 6.78. The first-order chi connectivity index (χ1) is 11.6. The summed E-state index contributed by atoms with van der Waals surface area (Å²) >= 11 is 4.98. The fraction of sp³-hybridized carbons (Fsp3) is 0.471. The van der Waals surface area contributed by atoms with E-state index in [1.54, 1.807) is 24.3 Å². The molecule has 0 aromatic heterocycles. The molecule has 0 spiro atoms. The molecule has 0 atom stereocenters. The fourth-order valence-corrected chi connectivity index (χ4v) is 2.00. The summed E-state index contributed by atoms with van der Waals surface area (Å²) in [7, 11) is 0. The average molecular weight is 351 g/mol. The first kappa shape index (κ1) is 19.9. The molecule has 7 heteroatoms. The molecule has 1 aromatic rings. The van der Waals surface area contributed by atoms with Crippen LogP contribution in [0.3, 0.4) is 0 Å². The molecule has 0 unspecified atom stereocenters. The Kier molecular flexibility index (Phi) is 9.45. The van der Waals surface area contributed by atoms with Gasteiger partial charge in [0.05, 0.1) is 6.61 Å². The van der Waals surface area contributed by atoms with E-state index in [1.807, 2.05) is 6.92 Å². The molecule has 0 aliphatic rings. The number of carbonyl (C=O) groups is 2. The van der Waals surface area contributed by atoms with Crippen LogP contribution in [0.5, 0.6) is 5.75 Å². The van der Waals surface area contributed by atoms with Crippen LogP contribution in [0.15, 0.2) is 24.3 Å². The molecule has 1 rings (SSSR count). The van der Waals surface area contributed by atoms with Crippen LogP contribution in [0.1, 0.15) is 56.3 Å². The Bertz CT molecular complexity index is 547. The number of amides is 2. The van der Waals surface area contributed by atoms with Crippen molar-refractivity contribution in [2.45, 2.75) is 46.0 Å². The summed E-state index contributed by atoms with van der Waals surface area (Å²) in [6.07, 6.45) is 4.24. The number of carbonyl (C=O) groups excluding carboxylic acids is 2. The summed E-state index contributed by atoms with van der Waals surface area (Å²) in [5, 5.41) is 2.56. The fourth-order valence-electron chi connectivity index (χ4n) is 1.85. The highest BCUT2D eigenvalue weighted by molar-refractivity contribution is 7.80. The monoisotopic (exact) mass is 351 g/mol. The van der Waals surface area contributed by atoms with Gasteiger partial charge in [-0.1, -0.05) is 26.7 Å². The number of hydrazine groups is 1. The van der Waals surface area contributed by atoms with Gasteiger partial charge in [0, 0.05) is 12.0 Å². The molecule has 0 radical (unpaired) electrons. The number of thiocarbonyl (C=S) groups is 1. The van der Waals surface area contributed by atoms with Crippen molar-refractivity contribution in [2.24, 2.45) is 0 Å². The molecule has 0 bridgehead atoms. The second kappa shape index (κ2) is 11.4. The summed E-state index contributed by atoms with van der Waals surface area (Å²) in [5.41, 5.74) is 5.45. The number of hydrogen-bond donors (Lipinski definition) is 3. The Hall–Kier alpha value is -2.15. The topological polar surface area (TPSA) is 79.5 Å². The molecule has 24 heavy (non-hydrogen) atoms. The first-order valence-electron chi connectivity index (χ1n) is 8.19. The van der Waals surface area contributed by atoms with Gasteiger partial charge in [0.15, 0.2) is 5.11 Å². The number of nitrogens with one attached hydrogen (secondary N) is 3. The van der Waals surface area contributed by atoms with E-state index in [9.17, 15) is 9.59 Å². The van der Waals surface area contributed by atoms with Crippen molar-refractivity contribution in [3.8, 4) is 5.75 Å². The normalized spacial score (nSPS) is 9.92. The van der Waals surface area contributed by atoms with Crippen LogP contribution >= 0.6 is 12.2 Å². The summed E-state index contributed by atoms with van der Waals surface area (Å²) in [5.74, 6) is 0.209. The third kappa shape index (κ3) is 7.92. The van der Waals surface area contributed by atoms with Crippen LogP contribution < -0.4 is 20.9 Å². The summed E-state index contributed by atoms with van der Waals surface area (Å²) in [4.78, 5) is 23.6. The zero-order valence-corrected chi connectivity index (χ0v) is 15.0. The molecule has 2 amide bonds. The molecular formula is C17H25N3O3S. The highest BCUT2D eigenvalue weighted by Gasteiger charge is 2.08. The van der Waals surface area contributed by atoms with Gasteiger partial charge < -0.3 is 4.74 Å². The summed E-state index contributed by atoms with van der Waals surface area (Å²) in [6.45, 7) is 4.74. The van der Waals surface area contributed by atoms with Crippen molar-refractivity contribution in [1.82, 2.24) is 16.2 Å². The molecule has 0 saturated heterocycles. The van der Waals surface area contributed by atoms with E-state index >= 15 is 0 Å². The Morgan fingerprint density at radius 3 is 2.38 bits per heavy atom. The predicted octanol–water partition coefficient (Wildman–Crippen LogP) is 2.69. The lowest BCUT2D eigenvalue weighted by Gasteiger charge is -2.11. The zero-order valence-electron chi connectivity index (χ0n) is 14.2. The Balaban J connectivity index is 2.35. The van der Waals surface area contributed by atoms with Crippen LogP contribution in [0.4, 0.5) is 0 Å². The Morgan fingerprint density at radius 2 is 1.75 bits per heavy atom. The Morgan fingerprint density at radius 1 is 1.04 bits per heavy atom. The van der Waals surface area contributed by atoms with Gasteiger partial charge >= 0.3 is 0 Å². The van der Waals surface area contributed by atoms with Gasteiger partial charge in [0.1, 0.15) is 5.75 Å². The van der Waals surface area contributed by atoms with Gasteiger partial charge in [0.2, 0.25) is 5.91 Å². The molecule has 132 valence electrons. The highest BCUT2D eigenvalue weighted by Crippen LogP contribution is 2.12. The van der Waals surface area contributed by atoms with Crippen LogP contribution in [-0.4, -0.2) is 23.5 Å². The number of rotatable bonds is 8. The smallest absolute Gasteiger partial charge is 0.257 e. The predicted molar refractivity (Wildman–Crippen MR) is 97.7 cm³/mol. The van der Waals surface area contributed by atoms with Gasteiger partial charge in [-0.25, -0.2) is 0 Å². The minimum atomic E-state index is -0.352. The van der Waals surface area contributed by atoms with Crippen LogP contribution in [-0.2, 0) is 4.79 Å². The minimum absolute atomic E-state index is 0.0511. The lowest BCUT2D eigenvalue weighted by Crippen LogP contribution is -2.48. The molecule has 0 heterocycles. The Labute approximate surface area is 148 Å². The number of ether oxygens (including phenoxy) is 1. The van der Waals surface area contributed by atoms with E-state index < -0.39 is 0 Å². The molecule has 0 fully saturated rings. The van der Waals surface area contributed by atoms with Crippen LogP contribution in [0.25, 0.3) is 0 Å².